The molecule has 1 aromatic heterocycles. The van der Waals surface area contributed by atoms with E-state index in [0.29, 0.717) is 11.3 Å². The zero-order chi connectivity index (χ0) is 12.5. The summed E-state index contributed by atoms with van der Waals surface area (Å²) in [7, 11) is 0. The Morgan fingerprint density at radius 1 is 1.44 bits per heavy atom. The number of hydrogen-bond donors (Lipinski definition) is 1. The van der Waals surface area contributed by atoms with E-state index in [1.807, 2.05) is 0 Å². The van der Waals surface area contributed by atoms with Crippen molar-refractivity contribution in [1.82, 2.24) is 0 Å². The highest BCUT2D eigenvalue weighted by Crippen LogP contribution is 2.29. The fourth-order valence-electron chi connectivity index (χ4n) is 1.12. The Kier molecular flexibility index (Phi) is 3.37. The van der Waals surface area contributed by atoms with Gasteiger partial charge in [-0.15, -0.1) is 11.3 Å². The molecule has 1 heterocycles. The number of alkyl halides is 3. The van der Waals surface area contributed by atoms with Crippen LogP contribution in [0.4, 0.5) is 13.2 Å². The highest BCUT2D eigenvalue weighted by molar-refractivity contribution is 7.16. The number of carbonyl (C=O) groups is 2. The largest absolute Gasteiger partial charge is 0.477 e. The summed E-state index contributed by atoms with van der Waals surface area (Å²) in [6.07, 6.45) is -4.70. The summed E-state index contributed by atoms with van der Waals surface area (Å²) in [4.78, 5) is 20.8. The van der Waals surface area contributed by atoms with Crippen molar-refractivity contribution in [3.8, 4) is 0 Å². The third-order valence-corrected chi connectivity index (χ3v) is 3.03. The van der Waals surface area contributed by atoms with E-state index in [1.165, 1.54) is 0 Å². The summed E-state index contributed by atoms with van der Waals surface area (Å²) in [5.74, 6) is -3.32. The van der Waals surface area contributed by atoms with Gasteiger partial charge in [0.25, 0.3) is 5.78 Å². The van der Waals surface area contributed by atoms with Gasteiger partial charge in [-0.05, 0) is 18.1 Å². The quantitative estimate of drug-likeness (QED) is 0.841. The van der Waals surface area contributed by atoms with E-state index in [1.54, 1.807) is 6.92 Å². The first-order valence-electron chi connectivity index (χ1n) is 4.25. The molecule has 0 spiro atoms. The Morgan fingerprint density at radius 2 is 2.00 bits per heavy atom. The standard InChI is InChI=1S/C9H7F3O3S/c1-2-4-3-5(7(13)9(10,11)12)16-6(4)8(14)15/h3H,2H2,1H3,(H,14,15). The molecule has 88 valence electrons. The number of hydrogen-bond acceptors (Lipinski definition) is 3. The predicted octanol–water partition coefficient (Wildman–Crippen LogP) is 2.75. The smallest absolute Gasteiger partial charge is 0.455 e. The number of rotatable bonds is 3. The van der Waals surface area contributed by atoms with Crippen molar-refractivity contribution in [2.45, 2.75) is 19.5 Å². The normalized spacial score (nSPS) is 11.5. The van der Waals surface area contributed by atoms with E-state index in [2.05, 4.69) is 0 Å². The minimum absolute atomic E-state index is 0.213. The number of Topliss-reactive ketones (excluding diaryl/α,β-unsaturated/α-hetero) is 1. The van der Waals surface area contributed by atoms with Crippen LogP contribution in [0, 0.1) is 0 Å². The second-order valence-corrected chi connectivity index (χ2v) is 4.00. The molecule has 0 aromatic carbocycles. The van der Waals surface area contributed by atoms with Gasteiger partial charge in [0, 0.05) is 0 Å². The van der Waals surface area contributed by atoms with Crippen LogP contribution in [-0.2, 0) is 6.42 Å². The highest BCUT2D eigenvalue weighted by Gasteiger charge is 2.40. The van der Waals surface area contributed by atoms with Gasteiger partial charge in [-0.1, -0.05) is 6.92 Å². The molecule has 0 saturated carbocycles. The second-order valence-electron chi connectivity index (χ2n) is 2.95. The molecule has 0 bridgehead atoms. The van der Waals surface area contributed by atoms with Crippen molar-refractivity contribution < 1.29 is 27.9 Å². The van der Waals surface area contributed by atoms with Gasteiger partial charge in [-0.3, -0.25) is 4.79 Å². The van der Waals surface area contributed by atoms with E-state index < -0.39 is 22.8 Å². The van der Waals surface area contributed by atoms with Gasteiger partial charge in [0.15, 0.2) is 0 Å². The Labute approximate surface area is 92.5 Å². The summed E-state index contributed by atoms with van der Waals surface area (Å²) in [6.45, 7) is 1.61. The topological polar surface area (TPSA) is 54.4 Å². The molecule has 0 unspecified atom stereocenters. The summed E-state index contributed by atoms with van der Waals surface area (Å²) in [5.41, 5.74) is 0.241. The minimum atomic E-state index is -4.97. The molecular formula is C9H7F3O3S. The third kappa shape index (κ3) is 2.41. The number of thiophene rings is 1. The van der Waals surface area contributed by atoms with Crippen molar-refractivity contribution >= 4 is 23.1 Å². The molecule has 1 N–H and O–H groups in total. The molecule has 16 heavy (non-hydrogen) atoms. The van der Waals surface area contributed by atoms with E-state index in [0.717, 1.165) is 6.07 Å². The molecule has 1 rings (SSSR count). The molecule has 0 amide bonds. The van der Waals surface area contributed by atoms with Crippen molar-refractivity contribution in [1.29, 1.82) is 0 Å². The molecule has 0 radical (unpaired) electrons. The Balaban J connectivity index is 3.19. The lowest BCUT2D eigenvalue weighted by Crippen LogP contribution is -2.21. The molecule has 1 aromatic rings. The molecule has 0 aliphatic heterocycles. The van der Waals surface area contributed by atoms with E-state index in [-0.39, 0.29) is 16.9 Å². The van der Waals surface area contributed by atoms with Gasteiger partial charge in [-0.2, -0.15) is 13.2 Å². The lowest BCUT2D eigenvalue weighted by Gasteiger charge is -2.00. The molecule has 3 nitrogen and oxygen atoms in total. The molecule has 0 saturated heterocycles. The summed E-state index contributed by atoms with van der Waals surface area (Å²) in [5, 5.41) is 8.71. The minimum Gasteiger partial charge on any atom is -0.477 e. The highest BCUT2D eigenvalue weighted by atomic mass is 32.1. The Hall–Kier alpha value is -1.37. The van der Waals surface area contributed by atoms with E-state index >= 15 is 0 Å². The molecule has 7 heteroatoms. The summed E-state index contributed by atoms with van der Waals surface area (Å²) in [6, 6.07) is 0.990. The van der Waals surface area contributed by atoms with Gasteiger partial charge < -0.3 is 5.11 Å². The van der Waals surface area contributed by atoms with Crippen LogP contribution in [0.15, 0.2) is 6.07 Å². The predicted molar refractivity (Wildman–Crippen MR) is 51.0 cm³/mol. The van der Waals surface area contributed by atoms with Crippen molar-refractivity contribution in [3.63, 3.8) is 0 Å². The van der Waals surface area contributed by atoms with Gasteiger partial charge >= 0.3 is 12.1 Å². The van der Waals surface area contributed by atoms with Gasteiger partial charge in [0.2, 0.25) is 0 Å². The first-order valence-corrected chi connectivity index (χ1v) is 5.06. The average molecular weight is 252 g/mol. The summed E-state index contributed by atoms with van der Waals surface area (Å²) >= 11 is 0.358. The van der Waals surface area contributed by atoms with Crippen molar-refractivity contribution in [2.24, 2.45) is 0 Å². The number of carboxylic acid groups (broad SMARTS) is 1. The number of aryl methyl sites for hydroxylation is 1. The van der Waals surface area contributed by atoms with Gasteiger partial charge in [0.05, 0.1) is 4.88 Å². The number of halogens is 3. The van der Waals surface area contributed by atoms with Crippen molar-refractivity contribution in [3.05, 3.63) is 21.4 Å². The maximum atomic E-state index is 12.1. The maximum Gasteiger partial charge on any atom is 0.455 e. The molecular weight excluding hydrogens is 245 g/mol. The van der Waals surface area contributed by atoms with E-state index in [9.17, 15) is 22.8 Å². The van der Waals surface area contributed by atoms with Crippen LogP contribution in [0.3, 0.4) is 0 Å². The fraction of sp³-hybridized carbons (Fsp3) is 0.333. The van der Waals surface area contributed by atoms with Crippen LogP contribution in [0.25, 0.3) is 0 Å². The molecule has 0 aliphatic carbocycles. The molecule has 0 atom stereocenters. The van der Waals surface area contributed by atoms with Gasteiger partial charge in [0.1, 0.15) is 4.88 Å². The Morgan fingerprint density at radius 3 is 2.31 bits per heavy atom. The number of ketones is 1. The first-order chi connectivity index (χ1) is 7.27. The lowest BCUT2D eigenvalue weighted by molar-refractivity contribution is -0.0882. The fourth-order valence-corrected chi connectivity index (χ4v) is 2.18. The molecule has 0 aliphatic rings. The second kappa shape index (κ2) is 4.25. The SMILES string of the molecule is CCc1cc(C(=O)C(F)(F)F)sc1C(=O)O. The van der Waals surface area contributed by atoms with Crippen LogP contribution in [0.5, 0.6) is 0 Å². The van der Waals surface area contributed by atoms with Crippen LogP contribution >= 0.6 is 11.3 Å². The van der Waals surface area contributed by atoms with Crippen LogP contribution in [0.2, 0.25) is 0 Å². The number of carbonyl (C=O) groups excluding carboxylic acids is 1. The van der Waals surface area contributed by atoms with Crippen molar-refractivity contribution in [2.75, 3.05) is 0 Å². The van der Waals surface area contributed by atoms with Gasteiger partial charge in [-0.25, -0.2) is 4.79 Å². The third-order valence-electron chi connectivity index (χ3n) is 1.87. The first kappa shape index (κ1) is 12.7. The van der Waals surface area contributed by atoms with Crippen LogP contribution in [0.1, 0.15) is 31.8 Å². The monoisotopic (exact) mass is 252 g/mol. The zero-order valence-electron chi connectivity index (χ0n) is 8.09. The summed E-state index contributed by atoms with van der Waals surface area (Å²) < 4.78 is 36.3. The maximum absolute atomic E-state index is 12.1. The lowest BCUT2D eigenvalue weighted by atomic mass is 10.2. The van der Waals surface area contributed by atoms with E-state index in [4.69, 9.17) is 5.11 Å². The average Bonchev–Trinajstić information content (AvgIpc) is 2.58. The number of aromatic carboxylic acids is 1. The Bertz CT molecular complexity index is 434. The zero-order valence-corrected chi connectivity index (χ0v) is 8.91. The van der Waals surface area contributed by atoms with Crippen LogP contribution in [-0.4, -0.2) is 23.0 Å². The molecule has 0 fully saturated rings. The number of carboxylic acids is 1. The van der Waals surface area contributed by atoms with Crippen LogP contribution < -0.4 is 0 Å².